The first-order valence-electron chi connectivity index (χ1n) is 4.08. The van der Waals surface area contributed by atoms with Crippen molar-refractivity contribution in [3.63, 3.8) is 0 Å². The van der Waals surface area contributed by atoms with Crippen LogP contribution in [0.1, 0.15) is 5.69 Å². The average Bonchev–Trinajstić information content (AvgIpc) is 2.17. The minimum absolute atomic E-state index is 0.421. The molecule has 1 rings (SSSR count). The minimum Gasteiger partial charge on any atom is -0.465 e. The van der Waals surface area contributed by atoms with Gasteiger partial charge in [0.15, 0.2) is 5.82 Å². The standard InChI is InChI=1S/C9H9N3O2S/c1-6-7(12(2)9(13)14)3-4-8(11-6)10-5-15/h3-4H,1-2H3,(H,13,14). The molecule has 0 saturated heterocycles. The Kier molecular flexibility index (Phi) is 3.49. The predicted molar refractivity (Wildman–Crippen MR) is 60.1 cm³/mol. The van der Waals surface area contributed by atoms with E-state index in [0.717, 1.165) is 4.90 Å². The Morgan fingerprint density at radius 3 is 2.80 bits per heavy atom. The van der Waals surface area contributed by atoms with E-state index in [-0.39, 0.29) is 0 Å². The molecule has 0 aromatic carbocycles. The molecule has 1 N–H and O–H groups in total. The fourth-order valence-corrected chi connectivity index (χ4v) is 1.20. The van der Waals surface area contributed by atoms with Gasteiger partial charge in [-0.1, -0.05) is 0 Å². The topological polar surface area (TPSA) is 65.8 Å². The van der Waals surface area contributed by atoms with E-state index in [2.05, 4.69) is 27.4 Å². The van der Waals surface area contributed by atoms with Crippen LogP contribution in [0, 0.1) is 6.92 Å². The minimum atomic E-state index is -1.04. The second-order valence-electron chi connectivity index (χ2n) is 2.82. The molecule has 6 heteroatoms. The van der Waals surface area contributed by atoms with Crippen LogP contribution in [0.2, 0.25) is 0 Å². The summed E-state index contributed by atoms with van der Waals surface area (Å²) < 4.78 is 0. The molecular formula is C9H9N3O2S. The van der Waals surface area contributed by atoms with Gasteiger partial charge in [-0.15, -0.1) is 0 Å². The summed E-state index contributed by atoms with van der Waals surface area (Å²) in [4.78, 5) is 19.6. The Morgan fingerprint density at radius 1 is 1.67 bits per heavy atom. The highest BCUT2D eigenvalue weighted by Crippen LogP contribution is 2.20. The fourth-order valence-electron chi connectivity index (χ4n) is 1.11. The highest BCUT2D eigenvalue weighted by molar-refractivity contribution is 7.78. The van der Waals surface area contributed by atoms with Crippen molar-refractivity contribution in [2.24, 2.45) is 4.99 Å². The third kappa shape index (κ3) is 2.59. The number of carboxylic acid groups (broad SMARTS) is 1. The van der Waals surface area contributed by atoms with Gasteiger partial charge in [0.2, 0.25) is 0 Å². The molecule has 0 bridgehead atoms. The van der Waals surface area contributed by atoms with Crippen LogP contribution in [-0.2, 0) is 0 Å². The quantitative estimate of drug-likeness (QED) is 0.616. The van der Waals surface area contributed by atoms with Gasteiger partial charge in [0.1, 0.15) is 0 Å². The van der Waals surface area contributed by atoms with Crippen molar-refractivity contribution in [1.29, 1.82) is 0 Å². The number of aryl methyl sites for hydroxylation is 1. The normalized spacial score (nSPS) is 9.20. The molecule has 0 fully saturated rings. The molecule has 0 aliphatic rings. The van der Waals surface area contributed by atoms with Gasteiger partial charge in [-0.2, -0.15) is 4.99 Å². The summed E-state index contributed by atoms with van der Waals surface area (Å²) >= 11 is 4.44. The Labute approximate surface area is 92.1 Å². The molecular weight excluding hydrogens is 214 g/mol. The van der Waals surface area contributed by atoms with Crippen LogP contribution in [0.3, 0.4) is 0 Å². The molecule has 1 aromatic heterocycles. The maximum atomic E-state index is 10.7. The molecule has 0 aliphatic heterocycles. The van der Waals surface area contributed by atoms with Crippen LogP contribution in [0.5, 0.6) is 0 Å². The zero-order valence-electron chi connectivity index (χ0n) is 8.26. The number of hydrogen-bond acceptors (Lipinski definition) is 4. The van der Waals surface area contributed by atoms with Crippen LogP contribution in [0.25, 0.3) is 0 Å². The highest BCUT2D eigenvalue weighted by atomic mass is 32.1. The molecule has 0 saturated carbocycles. The fraction of sp³-hybridized carbons (Fsp3) is 0.222. The molecule has 0 atom stereocenters. The SMILES string of the molecule is Cc1nc(N=C=S)ccc1N(C)C(=O)O. The summed E-state index contributed by atoms with van der Waals surface area (Å²) in [5.41, 5.74) is 1.09. The van der Waals surface area contributed by atoms with Crippen molar-refractivity contribution >= 4 is 35.0 Å². The van der Waals surface area contributed by atoms with E-state index in [1.54, 1.807) is 19.1 Å². The first-order chi connectivity index (χ1) is 7.06. The number of anilines is 1. The lowest BCUT2D eigenvalue weighted by Crippen LogP contribution is -2.24. The maximum absolute atomic E-state index is 10.7. The van der Waals surface area contributed by atoms with Gasteiger partial charge in [0.05, 0.1) is 16.5 Å². The van der Waals surface area contributed by atoms with Crippen molar-refractivity contribution in [2.75, 3.05) is 11.9 Å². The molecule has 15 heavy (non-hydrogen) atoms. The van der Waals surface area contributed by atoms with Gasteiger partial charge >= 0.3 is 6.09 Å². The third-order valence-electron chi connectivity index (χ3n) is 1.85. The van der Waals surface area contributed by atoms with Gasteiger partial charge in [0.25, 0.3) is 0 Å². The van der Waals surface area contributed by atoms with E-state index < -0.39 is 6.09 Å². The number of aliphatic imine (C=N–C) groups is 1. The Morgan fingerprint density at radius 2 is 2.33 bits per heavy atom. The van der Waals surface area contributed by atoms with E-state index in [1.807, 2.05) is 0 Å². The number of hydrogen-bond donors (Lipinski definition) is 1. The molecule has 0 spiro atoms. The molecule has 0 unspecified atom stereocenters. The van der Waals surface area contributed by atoms with E-state index in [1.165, 1.54) is 7.05 Å². The largest absolute Gasteiger partial charge is 0.465 e. The number of pyridine rings is 1. The van der Waals surface area contributed by atoms with E-state index in [9.17, 15) is 4.79 Å². The maximum Gasteiger partial charge on any atom is 0.411 e. The lowest BCUT2D eigenvalue weighted by Gasteiger charge is -2.14. The van der Waals surface area contributed by atoms with Crippen LogP contribution >= 0.6 is 12.2 Å². The summed E-state index contributed by atoms with van der Waals surface area (Å²) in [6.07, 6.45) is -1.04. The summed E-state index contributed by atoms with van der Waals surface area (Å²) in [6, 6.07) is 3.21. The van der Waals surface area contributed by atoms with E-state index in [0.29, 0.717) is 17.2 Å². The van der Waals surface area contributed by atoms with Gasteiger partial charge in [0, 0.05) is 7.05 Å². The number of amides is 1. The lowest BCUT2D eigenvalue weighted by atomic mass is 10.3. The first kappa shape index (κ1) is 11.3. The van der Waals surface area contributed by atoms with Gasteiger partial charge in [-0.05, 0) is 31.3 Å². The van der Waals surface area contributed by atoms with Crippen molar-refractivity contribution in [3.8, 4) is 0 Å². The second kappa shape index (κ2) is 4.63. The lowest BCUT2D eigenvalue weighted by molar-refractivity contribution is 0.203. The van der Waals surface area contributed by atoms with Crippen LogP contribution in [0.15, 0.2) is 17.1 Å². The Hall–Kier alpha value is -1.78. The molecule has 78 valence electrons. The van der Waals surface area contributed by atoms with E-state index >= 15 is 0 Å². The van der Waals surface area contributed by atoms with Crippen molar-refractivity contribution < 1.29 is 9.90 Å². The zero-order chi connectivity index (χ0) is 11.4. The summed E-state index contributed by atoms with van der Waals surface area (Å²) in [7, 11) is 1.45. The third-order valence-corrected chi connectivity index (χ3v) is 1.94. The van der Waals surface area contributed by atoms with Crippen LogP contribution in [-0.4, -0.2) is 28.4 Å². The molecule has 1 aromatic rings. The second-order valence-corrected chi connectivity index (χ2v) is 3.00. The number of aromatic nitrogens is 1. The number of carbonyl (C=O) groups is 1. The Bertz CT molecular complexity index is 441. The smallest absolute Gasteiger partial charge is 0.411 e. The zero-order valence-corrected chi connectivity index (χ0v) is 9.08. The number of nitrogens with zero attached hydrogens (tertiary/aromatic N) is 3. The van der Waals surface area contributed by atoms with Gasteiger partial charge in [-0.3, -0.25) is 4.90 Å². The van der Waals surface area contributed by atoms with Gasteiger partial charge < -0.3 is 5.11 Å². The van der Waals surface area contributed by atoms with Gasteiger partial charge in [-0.25, -0.2) is 9.78 Å². The molecule has 0 radical (unpaired) electrons. The summed E-state index contributed by atoms with van der Waals surface area (Å²) in [5, 5.41) is 11.0. The monoisotopic (exact) mass is 223 g/mol. The first-order valence-corrected chi connectivity index (χ1v) is 4.49. The summed E-state index contributed by atoms with van der Waals surface area (Å²) in [5.74, 6) is 0.421. The Balaban J connectivity index is 3.13. The predicted octanol–water partition coefficient (Wildman–Crippen LogP) is 2.24. The molecule has 5 nitrogen and oxygen atoms in total. The summed E-state index contributed by atoms with van der Waals surface area (Å²) in [6.45, 7) is 1.71. The number of isothiocyanates is 1. The van der Waals surface area contributed by atoms with Crippen LogP contribution < -0.4 is 4.90 Å². The molecule has 1 heterocycles. The van der Waals surface area contributed by atoms with E-state index in [4.69, 9.17) is 5.11 Å². The number of thiocarbonyl (C=S) groups is 1. The number of rotatable bonds is 2. The molecule has 0 aliphatic carbocycles. The van der Waals surface area contributed by atoms with Crippen LogP contribution in [0.4, 0.5) is 16.3 Å². The van der Waals surface area contributed by atoms with Crippen molar-refractivity contribution in [1.82, 2.24) is 4.98 Å². The molecule has 1 amide bonds. The average molecular weight is 223 g/mol. The highest BCUT2D eigenvalue weighted by Gasteiger charge is 2.11. The van der Waals surface area contributed by atoms with Crippen molar-refractivity contribution in [2.45, 2.75) is 6.92 Å². The van der Waals surface area contributed by atoms with Crippen molar-refractivity contribution in [3.05, 3.63) is 17.8 Å².